The van der Waals surface area contributed by atoms with E-state index in [9.17, 15) is 4.79 Å². The molecule has 0 aliphatic carbocycles. The summed E-state index contributed by atoms with van der Waals surface area (Å²) < 4.78 is 4.96. The van der Waals surface area contributed by atoms with Gasteiger partial charge in [-0.25, -0.2) is 9.97 Å². The van der Waals surface area contributed by atoms with E-state index in [4.69, 9.17) is 9.72 Å². The predicted molar refractivity (Wildman–Crippen MR) is 113 cm³/mol. The number of ether oxygens (including phenoxy) is 1. The number of carbonyl (C=O) groups excluding carboxylic acids is 1. The average molecular weight is 391 g/mol. The summed E-state index contributed by atoms with van der Waals surface area (Å²) in [5.74, 6) is 1.27. The highest BCUT2D eigenvalue weighted by atomic mass is 16.5. The van der Waals surface area contributed by atoms with Crippen molar-refractivity contribution >= 4 is 22.8 Å². The van der Waals surface area contributed by atoms with E-state index in [1.54, 1.807) is 19.5 Å². The monoisotopic (exact) mass is 391 g/mol. The lowest BCUT2D eigenvalue weighted by atomic mass is 9.88. The number of amides is 1. The number of rotatable bonds is 5. The molecule has 1 aliphatic heterocycles. The Hall–Kier alpha value is -3.06. The Bertz CT molecular complexity index is 998. The minimum atomic E-state index is 0.0760. The van der Waals surface area contributed by atoms with Crippen LogP contribution in [0.4, 0.5) is 5.82 Å². The van der Waals surface area contributed by atoms with E-state index in [0.29, 0.717) is 5.92 Å². The van der Waals surface area contributed by atoms with Crippen molar-refractivity contribution in [1.82, 2.24) is 19.9 Å². The molecular weight excluding hydrogens is 366 g/mol. The second kappa shape index (κ2) is 8.53. The maximum Gasteiger partial charge on any atom is 0.248 e. The van der Waals surface area contributed by atoms with Crippen LogP contribution in [0, 0.1) is 0 Å². The van der Waals surface area contributed by atoms with Crippen molar-refractivity contribution in [1.29, 1.82) is 0 Å². The van der Waals surface area contributed by atoms with E-state index in [2.05, 4.69) is 39.6 Å². The fourth-order valence-corrected chi connectivity index (χ4v) is 3.90. The molecule has 0 bridgehead atoms. The first-order valence-corrected chi connectivity index (χ1v) is 9.86. The molecule has 4 rings (SSSR count). The number of anilines is 1. The van der Waals surface area contributed by atoms with Crippen LogP contribution in [0.5, 0.6) is 0 Å². The predicted octanol–water partition coefficient (Wildman–Crippen LogP) is 3.09. The first-order chi connectivity index (χ1) is 14.2. The average Bonchev–Trinajstić information content (AvgIpc) is 2.78. The highest BCUT2D eigenvalue weighted by Crippen LogP contribution is 2.31. The Morgan fingerprint density at radius 3 is 2.59 bits per heavy atom. The molecule has 7 heteroatoms. The Balaban J connectivity index is 1.50. The summed E-state index contributed by atoms with van der Waals surface area (Å²) in [6.45, 7) is 1.73. The molecule has 150 valence electrons. The fraction of sp³-hybridized carbons (Fsp3) is 0.364. The van der Waals surface area contributed by atoms with E-state index in [1.165, 1.54) is 5.56 Å². The number of methoxy groups -OCH3 is 1. The fourth-order valence-electron chi connectivity index (χ4n) is 3.90. The number of carbonyl (C=O) groups is 1. The van der Waals surface area contributed by atoms with Gasteiger partial charge in [0.05, 0.1) is 11.2 Å². The van der Waals surface area contributed by atoms with Crippen molar-refractivity contribution in [2.75, 3.05) is 39.2 Å². The van der Waals surface area contributed by atoms with Gasteiger partial charge in [-0.15, -0.1) is 0 Å². The van der Waals surface area contributed by atoms with Gasteiger partial charge in [-0.2, -0.15) is 0 Å². The number of aromatic nitrogens is 3. The van der Waals surface area contributed by atoms with E-state index in [0.717, 1.165) is 54.0 Å². The minimum absolute atomic E-state index is 0.0760. The smallest absolute Gasteiger partial charge is 0.248 e. The number of pyridine rings is 1. The third kappa shape index (κ3) is 4.05. The topological polar surface area (TPSA) is 80.2 Å². The van der Waals surface area contributed by atoms with Crippen molar-refractivity contribution in [2.45, 2.75) is 18.8 Å². The molecule has 0 unspecified atom stereocenters. The highest BCUT2D eigenvalue weighted by Gasteiger charge is 2.23. The molecule has 0 spiro atoms. The number of hydrogen-bond acceptors (Lipinski definition) is 6. The molecule has 1 saturated heterocycles. The van der Waals surface area contributed by atoms with Crippen LogP contribution in [-0.2, 0) is 9.53 Å². The maximum atomic E-state index is 12.0. The third-order valence-corrected chi connectivity index (χ3v) is 5.49. The molecule has 1 N–H and O–H groups in total. The van der Waals surface area contributed by atoms with Gasteiger partial charge in [-0.05, 0) is 30.4 Å². The van der Waals surface area contributed by atoms with Gasteiger partial charge in [-0.1, -0.05) is 24.3 Å². The number of hydrogen-bond donors (Lipinski definition) is 1. The summed E-state index contributed by atoms with van der Waals surface area (Å²) in [4.78, 5) is 27.4. The summed E-state index contributed by atoms with van der Waals surface area (Å²) in [5.41, 5.74) is 4.81. The van der Waals surface area contributed by atoms with Gasteiger partial charge in [0.2, 0.25) is 5.91 Å². The molecule has 1 aromatic carbocycles. The lowest BCUT2D eigenvalue weighted by molar-refractivity contribution is -0.136. The van der Waals surface area contributed by atoms with Crippen LogP contribution in [0.1, 0.15) is 24.3 Å². The van der Waals surface area contributed by atoms with Crippen LogP contribution in [0.2, 0.25) is 0 Å². The van der Waals surface area contributed by atoms with Crippen LogP contribution in [0.3, 0.4) is 0 Å². The molecule has 3 heterocycles. The first kappa shape index (κ1) is 19.3. The number of piperidine rings is 1. The first-order valence-electron chi connectivity index (χ1n) is 9.86. The van der Waals surface area contributed by atoms with E-state index in [-0.39, 0.29) is 12.5 Å². The summed E-state index contributed by atoms with van der Waals surface area (Å²) in [6.07, 6.45) is 5.32. The Morgan fingerprint density at radius 2 is 1.90 bits per heavy atom. The second-order valence-electron chi connectivity index (χ2n) is 7.24. The number of nitrogens with zero attached hydrogens (tertiary/aromatic N) is 4. The molecule has 3 aromatic rings. The zero-order chi connectivity index (χ0) is 20.2. The summed E-state index contributed by atoms with van der Waals surface area (Å²) >= 11 is 0. The quantitative estimate of drug-likeness (QED) is 0.720. The Labute approximate surface area is 170 Å². The zero-order valence-corrected chi connectivity index (χ0v) is 16.8. The van der Waals surface area contributed by atoms with Crippen molar-refractivity contribution in [2.24, 2.45) is 0 Å². The second-order valence-corrected chi connectivity index (χ2v) is 7.24. The van der Waals surface area contributed by atoms with Gasteiger partial charge < -0.3 is 15.0 Å². The lowest BCUT2D eigenvalue weighted by Crippen LogP contribution is -2.39. The lowest BCUT2D eigenvalue weighted by Gasteiger charge is -2.32. The molecule has 7 nitrogen and oxygen atoms in total. The molecule has 0 saturated carbocycles. The van der Waals surface area contributed by atoms with Crippen LogP contribution in [0.25, 0.3) is 22.3 Å². The molecule has 29 heavy (non-hydrogen) atoms. The summed E-state index contributed by atoms with van der Waals surface area (Å²) in [6, 6.07) is 10.5. The molecule has 0 radical (unpaired) electrons. The standard InChI is InChI=1S/C22H25N5O2/c1-23-22-21-19(24-9-10-25-21)13-18(26-22)17-5-3-15(4-6-17)16-7-11-27(12-8-16)20(28)14-29-2/h3-6,9-10,13,16H,7-8,11-12,14H2,1-2H3,(H,23,26). The molecular formula is C22H25N5O2. The van der Waals surface area contributed by atoms with E-state index in [1.807, 2.05) is 18.0 Å². The minimum Gasteiger partial charge on any atom is -0.375 e. The van der Waals surface area contributed by atoms with Crippen LogP contribution < -0.4 is 5.32 Å². The number of nitrogens with one attached hydrogen (secondary N) is 1. The van der Waals surface area contributed by atoms with E-state index >= 15 is 0 Å². The van der Waals surface area contributed by atoms with Gasteiger partial charge >= 0.3 is 0 Å². The van der Waals surface area contributed by atoms with Crippen molar-refractivity contribution in [3.8, 4) is 11.3 Å². The van der Waals surface area contributed by atoms with Crippen LogP contribution in [-0.4, -0.2) is 59.6 Å². The Morgan fingerprint density at radius 1 is 1.17 bits per heavy atom. The van der Waals surface area contributed by atoms with Crippen molar-refractivity contribution < 1.29 is 9.53 Å². The van der Waals surface area contributed by atoms with Crippen LogP contribution >= 0.6 is 0 Å². The normalized spacial score (nSPS) is 14.9. The number of likely N-dealkylation sites (tertiary alicyclic amines) is 1. The zero-order valence-electron chi connectivity index (χ0n) is 16.8. The summed E-state index contributed by atoms with van der Waals surface area (Å²) in [5, 5.41) is 3.11. The SMILES string of the molecule is CNc1nc(-c2ccc(C3CCN(C(=O)COC)CC3)cc2)cc2nccnc12. The number of benzene rings is 1. The van der Waals surface area contributed by atoms with E-state index < -0.39 is 0 Å². The molecule has 0 atom stereocenters. The van der Waals surface area contributed by atoms with Gasteiger partial charge in [0.15, 0.2) is 5.82 Å². The van der Waals surface area contributed by atoms with Gasteiger partial charge in [0.1, 0.15) is 12.1 Å². The van der Waals surface area contributed by atoms with Gasteiger partial charge in [-0.3, -0.25) is 9.78 Å². The summed E-state index contributed by atoms with van der Waals surface area (Å²) in [7, 11) is 3.40. The van der Waals surface area contributed by atoms with Crippen molar-refractivity contribution in [3.63, 3.8) is 0 Å². The van der Waals surface area contributed by atoms with Gasteiger partial charge in [0.25, 0.3) is 0 Å². The highest BCUT2D eigenvalue weighted by molar-refractivity contribution is 5.88. The van der Waals surface area contributed by atoms with Gasteiger partial charge in [0, 0.05) is 45.2 Å². The molecule has 1 fully saturated rings. The third-order valence-electron chi connectivity index (χ3n) is 5.49. The number of fused-ring (bicyclic) bond motifs is 1. The molecule has 1 aliphatic rings. The Kier molecular flexibility index (Phi) is 5.67. The molecule has 2 aromatic heterocycles. The largest absolute Gasteiger partial charge is 0.375 e. The maximum absolute atomic E-state index is 12.0. The molecule has 1 amide bonds. The van der Waals surface area contributed by atoms with Crippen molar-refractivity contribution in [3.05, 3.63) is 48.3 Å². The van der Waals surface area contributed by atoms with Crippen LogP contribution in [0.15, 0.2) is 42.7 Å².